The predicted octanol–water partition coefficient (Wildman–Crippen LogP) is 3.64. The highest BCUT2D eigenvalue weighted by atomic mass is 35.5. The Balaban J connectivity index is 1.65. The lowest BCUT2D eigenvalue weighted by molar-refractivity contribution is 0.0907. The molecule has 3 rings (SSSR count). The molecule has 0 radical (unpaired) electrons. The van der Waals surface area contributed by atoms with E-state index < -0.39 is 5.82 Å². The average molecular weight is 381 g/mol. The van der Waals surface area contributed by atoms with Crippen LogP contribution in [0, 0.1) is 11.7 Å². The number of benzene rings is 1. The van der Waals surface area contributed by atoms with Crippen molar-refractivity contribution in [2.24, 2.45) is 5.92 Å². The number of hydrogen-bond acceptors (Lipinski definition) is 4. The van der Waals surface area contributed by atoms with Crippen LogP contribution < -0.4 is 5.32 Å². The summed E-state index contributed by atoms with van der Waals surface area (Å²) in [7, 11) is 3.57. The van der Waals surface area contributed by atoms with E-state index in [-0.39, 0.29) is 28.6 Å². The second-order valence-corrected chi connectivity index (χ2v) is 6.96. The smallest absolute Gasteiger partial charge is 0.287 e. The summed E-state index contributed by atoms with van der Waals surface area (Å²) in [5, 5.41) is 3.04. The molecule has 0 bridgehead atoms. The number of hydrogen-bond donors (Lipinski definition) is 1. The van der Waals surface area contributed by atoms with Crippen molar-refractivity contribution in [3.63, 3.8) is 0 Å². The number of methoxy groups -OCH3 is 1. The number of likely N-dealkylation sites (tertiary alicyclic amines) is 1. The molecule has 1 aliphatic heterocycles. The molecule has 1 aromatic carbocycles. The summed E-state index contributed by atoms with van der Waals surface area (Å²) in [6.07, 6.45) is 0.915. The molecule has 2 heterocycles. The minimum atomic E-state index is -0.423. The van der Waals surface area contributed by atoms with Crippen molar-refractivity contribution in [2.75, 3.05) is 27.2 Å². The van der Waals surface area contributed by atoms with E-state index in [1.807, 2.05) is 13.1 Å². The molecule has 26 heavy (non-hydrogen) atoms. The van der Waals surface area contributed by atoms with E-state index in [0.717, 1.165) is 18.5 Å². The lowest BCUT2D eigenvalue weighted by Gasteiger charge is -2.26. The van der Waals surface area contributed by atoms with Gasteiger partial charge < -0.3 is 14.5 Å². The van der Waals surface area contributed by atoms with Gasteiger partial charge in [-0.1, -0.05) is 17.7 Å². The molecule has 2 atom stereocenters. The monoisotopic (exact) mass is 380 g/mol. The summed E-state index contributed by atoms with van der Waals surface area (Å²) in [6.45, 7) is 1.69. The normalized spacial score (nSPS) is 20.5. The lowest BCUT2D eigenvalue weighted by Crippen LogP contribution is -2.32. The van der Waals surface area contributed by atoms with Gasteiger partial charge in [-0.3, -0.25) is 9.69 Å². The maximum absolute atomic E-state index is 13.8. The molecule has 1 amide bonds. The first-order valence-electron chi connectivity index (χ1n) is 8.50. The molecular formula is C19H22ClFN2O3. The fourth-order valence-electron chi connectivity index (χ4n) is 3.49. The Labute approximate surface area is 157 Å². The molecular weight excluding hydrogens is 359 g/mol. The van der Waals surface area contributed by atoms with E-state index in [9.17, 15) is 9.18 Å². The minimum absolute atomic E-state index is 0.0303. The molecule has 1 aliphatic rings. The Morgan fingerprint density at radius 3 is 2.96 bits per heavy atom. The average Bonchev–Trinajstić information content (AvgIpc) is 3.22. The minimum Gasteiger partial charge on any atom is -0.453 e. The number of halogens is 2. The number of amides is 1. The first-order chi connectivity index (χ1) is 12.5. The summed E-state index contributed by atoms with van der Waals surface area (Å²) < 4.78 is 24.3. The summed E-state index contributed by atoms with van der Waals surface area (Å²) in [5.74, 6) is 0.361. The van der Waals surface area contributed by atoms with Crippen LogP contribution in [-0.2, 0) is 11.3 Å². The Morgan fingerprint density at radius 2 is 2.23 bits per heavy atom. The van der Waals surface area contributed by atoms with Crippen molar-refractivity contribution < 1.29 is 18.3 Å². The molecule has 1 fully saturated rings. The van der Waals surface area contributed by atoms with Crippen molar-refractivity contribution in [3.05, 3.63) is 58.3 Å². The van der Waals surface area contributed by atoms with Crippen LogP contribution in [0.3, 0.4) is 0 Å². The zero-order chi connectivity index (χ0) is 18.7. The topological polar surface area (TPSA) is 54.7 Å². The molecule has 0 unspecified atom stereocenters. The second kappa shape index (κ2) is 8.20. The standard InChI is InChI=1S/C19H22ClFN2O3/c1-23-8-7-13(18(23)12-3-5-15(20)16(21)9-12)10-22-19(24)17-6-4-14(26-17)11-25-2/h3-6,9,13,18H,7-8,10-11H2,1-2H3,(H,22,24)/t13-,18+/m0/s1. The Morgan fingerprint density at radius 1 is 1.42 bits per heavy atom. The van der Waals surface area contributed by atoms with Crippen LogP contribution in [0.5, 0.6) is 0 Å². The van der Waals surface area contributed by atoms with Gasteiger partial charge in [-0.05, 0) is 55.8 Å². The fraction of sp³-hybridized carbons (Fsp3) is 0.421. The van der Waals surface area contributed by atoms with Gasteiger partial charge in [0.2, 0.25) is 0 Å². The highest BCUT2D eigenvalue weighted by Gasteiger charge is 2.33. The van der Waals surface area contributed by atoms with Crippen molar-refractivity contribution in [1.29, 1.82) is 0 Å². The number of ether oxygens (including phenoxy) is 1. The number of carbonyl (C=O) groups is 1. The third-order valence-corrected chi connectivity index (χ3v) is 5.06. The number of carbonyl (C=O) groups excluding carboxylic acids is 1. The van der Waals surface area contributed by atoms with Gasteiger partial charge in [0.1, 0.15) is 18.2 Å². The summed E-state index contributed by atoms with van der Waals surface area (Å²) >= 11 is 5.79. The third-order valence-electron chi connectivity index (χ3n) is 4.76. The zero-order valence-electron chi connectivity index (χ0n) is 14.8. The predicted molar refractivity (Wildman–Crippen MR) is 96.6 cm³/mol. The highest BCUT2D eigenvalue weighted by Crippen LogP contribution is 2.36. The highest BCUT2D eigenvalue weighted by molar-refractivity contribution is 6.30. The maximum atomic E-state index is 13.8. The molecule has 1 aromatic heterocycles. The van der Waals surface area contributed by atoms with E-state index in [1.165, 1.54) is 6.07 Å². The van der Waals surface area contributed by atoms with Gasteiger partial charge in [0.05, 0.1) is 5.02 Å². The fourth-order valence-corrected chi connectivity index (χ4v) is 3.61. The molecule has 140 valence electrons. The van der Waals surface area contributed by atoms with E-state index in [2.05, 4.69) is 10.2 Å². The number of nitrogens with zero attached hydrogens (tertiary/aromatic N) is 1. The lowest BCUT2D eigenvalue weighted by atomic mass is 9.93. The number of rotatable bonds is 6. The first-order valence-corrected chi connectivity index (χ1v) is 8.88. The Hall–Kier alpha value is -1.89. The molecule has 1 saturated heterocycles. The Bertz CT molecular complexity index is 780. The number of nitrogens with one attached hydrogen (secondary N) is 1. The van der Waals surface area contributed by atoms with Gasteiger partial charge in [0, 0.05) is 19.7 Å². The third kappa shape index (κ3) is 4.09. The van der Waals surface area contributed by atoms with Crippen molar-refractivity contribution in [2.45, 2.75) is 19.1 Å². The molecule has 0 saturated carbocycles. The van der Waals surface area contributed by atoms with E-state index in [4.69, 9.17) is 20.8 Å². The molecule has 2 aromatic rings. The maximum Gasteiger partial charge on any atom is 0.287 e. The van der Waals surface area contributed by atoms with E-state index >= 15 is 0 Å². The van der Waals surface area contributed by atoms with Crippen LogP contribution in [-0.4, -0.2) is 38.1 Å². The van der Waals surface area contributed by atoms with Gasteiger partial charge >= 0.3 is 0 Å². The Kier molecular flexibility index (Phi) is 5.96. The summed E-state index contributed by atoms with van der Waals surface area (Å²) in [5.41, 5.74) is 0.867. The SMILES string of the molecule is COCc1ccc(C(=O)NC[C@@H]2CCN(C)[C@@H]2c2ccc(Cl)c(F)c2)o1. The molecule has 1 N–H and O–H groups in total. The van der Waals surface area contributed by atoms with Crippen LogP contribution >= 0.6 is 11.6 Å². The first kappa shape index (κ1) is 18.9. The van der Waals surface area contributed by atoms with Crippen LogP contribution in [0.2, 0.25) is 5.02 Å². The summed E-state index contributed by atoms with van der Waals surface area (Å²) in [6, 6.07) is 8.29. The molecule has 0 aliphatic carbocycles. The van der Waals surface area contributed by atoms with Crippen LogP contribution in [0.1, 0.15) is 34.3 Å². The van der Waals surface area contributed by atoms with Crippen LogP contribution in [0.25, 0.3) is 0 Å². The van der Waals surface area contributed by atoms with Gasteiger partial charge in [0.15, 0.2) is 5.76 Å². The summed E-state index contributed by atoms with van der Waals surface area (Å²) in [4.78, 5) is 14.5. The number of furan rings is 1. The van der Waals surface area contributed by atoms with E-state index in [1.54, 1.807) is 25.3 Å². The molecule has 5 nitrogen and oxygen atoms in total. The van der Waals surface area contributed by atoms with Crippen molar-refractivity contribution >= 4 is 17.5 Å². The van der Waals surface area contributed by atoms with Crippen molar-refractivity contribution in [1.82, 2.24) is 10.2 Å². The molecule has 0 spiro atoms. The van der Waals surface area contributed by atoms with Crippen LogP contribution in [0.4, 0.5) is 4.39 Å². The van der Waals surface area contributed by atoms with Crippen LogP contribution in [0.15, 0.2) is 34.7 Å². The van der Waals surface area contributed by atoms with Crippen molar-refractivity contribution in [3.8, 4) is 0 Å². The quantitative estimate of drug-likeness (QED) is 0.831. The largest absolute Gasteiger partial charge is 0.453 e. The van der Waals surface area contributed by atoms with Gasteiger partial charge in [0.25, 0.3) is 5.91 Å². The van der Waals surface area contributed by atoms with E-state index in [0.29, 0.717) is 18.9 Å². The zero-order valence-corrected chi connectivity index (χ0v) is 15.6. The molecule has 7 heteroatoms. The van der Waals surface area contributed by atoms with Gasteiger partial charge in [-0.15, -0.1) is 0 Å². The van der Waals surface area contributed by atoms with Gasteiger partial charge in [-0.25, -0.2) is 4.39 Å². The van der Waals surface area contributed by atoms with Gasteiger partial charge in [-0.2, -0.15) is 0 Å². The second-order valence-electron chi connectivity index (χ2n) is 6.56.